The molecule has 3 aromatic rings. The summed E-state index contributed by atoms with van der Waals surface area (Å²) >= 11 is 0. The minimum absolute atomic E-state index is 0.152. The van der Waals surface area contributed by atoms with Crippen LogP contribution in [0.25, 0.3) is 0 Å². The summed E-state index contributed by atoms with van der Waals surface area (Å²) < 4.78 is 0. The molecule has 5 nitrogen and oxygen atoms in total. The van der Waals surface area contributed by atoms with Crippen LogP contribution in [0.4, 0.5) is 21.9 Å². The lowest BCUT2D eigenvalue weighted by Gasteiger charge is -2.10. The third-order valence-corrected chi connectivity index (χ3v) is 4.77. The Morgan fingerprint density at radius 2 is 1.32 bits per heavy atom. The number of urea groups is 1. The van der Waals surface area contributed by atoms with Gasteiger partial charge in [-0.1, -0.05) is 30.3 Å². The van der Waals surface area contributed by atoms with Crippen LogP contribution in [0.15, 0.2) is 72.8 Å². The van der Waals surface area contributed by atoms with Crippen molar-refractivity contribution in [2.24, 2.45) is 0 Å². The zero-order valence-electron chi connectivity index (χ0n) is 15.4. The van der Waals surface area contributed by atoms with Gasteiger partial charge in [-0.25, -0.2) is 4.79 Å². The molecule has 0 fully saturated rings. The minimum atomic E-state index is -0.340. The predicted molar refractivity (Wildman–Crippen MR) is 112 cm³/mol. The summed E-state index contributed by atoms with van der Waals surface area (Å²) in [5.41, 5.74) is 5.19. The van der Waals surface area contributed by atoms with Gasteiger partial charge in [-0.2, -0.15) is 0 Å². The number of hydrogen-bond donors (Lipinski definition) is 3. The standard InChI is InChI=1S/C23H21N3O2/c27-22(18-13-12-16-6-4-7-17(16)14-18)24-20-10-5-11-21(15-20)26-23(28)25-19-8-2-1-3-9-19/h1-3,5,8-15H,4,6-7H2,(H,24,27)(H2,25,26,28). The van der Waals surface area contributed by atoms with Crippen LogP contribution in [0.1, 0.15) is 27.9 Å². The molecule has 1 aliphatic carbocycles. The smallest absolute Gasteiger partial charge is 0.322 e. The van der Waals surface area contributed by atoms with Crippen molar-refractivity contribution in [3.63, 3.8) is 0 Å². The maximum atomic E-state index is 12.6. The second kappa shape index (κ2) is 7.96. The molecule has 140 valence electrons. The molecule has 28 heavy (non-hydrogen) atoms. The second-order valence-electron chi connectivity index (χ2n) is 6.82. The van der Waals surface area contributed by atoms with Gasteiger partial charge in [0.2, 0.25) is 0 Å². The summed E-state index contributed by atoms with van der Waals surface area (Å²) in [5.74, 6) is -0.152. The van der Waals surface area contributed by atoms with Crippen LogP contribution in [0.2, 0.25) is 0 Å². The fourth-order valence-corrected chi connectivity index (χ4v) is 3.41. The molecule has 3 aromatic carbocycles. The van der Waals surface area contributed by atoms with Gasteiger partial charge in [0.25, 0.3) is 5.91 Å². The molecule has 0 radical (unpaired) electrons. The van der Waals surface area contributed by atoms with Crippen LogP contribution >= 0.6 is 0 Å². The van der Waals surface area contributed by atoms with Crippen LogP contribution in [0.3, 0.4) is 0 Å². The first-order valence-electron chi connectivity index (χ1n) is 9.34. The van der Waals surface area contributed by atoms with E-state index in [-0.39, 0.29) is 11.9 Å². The van der Waals surface area contributed by atoms with Gasteiger partial charge in [0.1, 0.15) is 0 Å². The Hall–Kier alpha value is -3.60. The van der Waals surface area contributed by atoms with E-state index in [1.165, 1.54) is 11.1 Å². The fraction of sp³-hybridized carbons (Fsp3) is 0.130. The number of carbonyl (C=O) groups excluding carboxylic acids is 2. The number of para-hydroxylation sites is 1. The van der Waals surface area contributed by atoms with E-state index in [1.54, 1.807) is 24.3 Å². The Labute approximate surface area is 163 Å². The number of nitrogens with one attached hydrogen (secondary N) is 3. The molecule has 1 aliphatic rings. The highest BCUT2D eigenvalue weighted by molar-refractivity contribution is 6.05. The lowest BCUT2D eigenvalue weighted by molar-refractivity contribution is 0.102. The highest BCUT2D eigenvalue weighted by Crippen LogP contribution is 2.23. The molecule has 3 amide bonds. The van der Waals surface area contributed by atoms with Crippen molar-refractivity contribution in [3.05, 3.63) is 89.5 Å². The summed E-state index contributed by atoms with van der Waals surface area (Å²) in [6.45, 7) is 0. The summed E-state index contributed by atoms with van der Waals surface area (Å²) in [7, 11) is 0. The van der Waals surface area contributed by atoms with Crippen molar-refractivity contribution in [3.8, 4) is 0 Å². The molecular weight excluding hydrogens is 350 g/mol. The highest BCUT2D eigenvalue weighted by Gasteiger charge is 2.14. The van der Waals surface area contributed by atoms with Gasteiger partial charge in [0, 0.05) is 22.6 Å². The summed E-state index contributed by atoms with van der Waals surface area (Å²) in [4.78, 5) is 24.7. The molecule has 0 aliphatic heterocycles. The van der Waals surface area contributed by atoms with Crippen molar-refractivity contribution < 1.29 is 9.59 Å². The van der Waals surface area contributed by atoms with E-state index in [4.69, 9.17) is 0 Å². The van der Waals surface area contributed by atoms with Gasteiger partial charge < -0.3 is 16.0 Å². The first kappa shape index (κ1) is 17.8. The zero-order valence-corrected chi connectivity index (χ0v) is 15.4. The van der Waals surface area contributed by atoms with Crippen LogP contribution in [-0.2, 0) is 12.8 Å². The Morgan fingerprint density at radius 3 is 2.14 bits per heavy atom. The first-order chi connectivity index (χ1) is 13.7. The van der Waals surface area contributed by atoms with E-state index in [0.29, 0.717) is 22.6 Å². The van der Waals surface area contributed by atoms with Gasteiger partial charge in [0.05, 0.1) is 0 Å². The number of carbonyl (C=O) groups is 2. The number of fused-ring (bicyclic) bond motifs is 1. The van der Waals surface area contributed by atoms with Crippen LogP contribution in [0, 0.1) is 0 Å². The van der Waals surface area contributed by atoms with Crippen molar-refractivity contribution in [1.29, 1.82) is 0 Å². The molecule has 0 unspecified atom stereocenters. The van der Waals surface area contributed by atoms with E-state index >= 15 is 0 Å². The molecule has 3 N–H and O–H groups in total. The largest absolute Gasteiger partial charge is 0.323 e. The molecule has 0 saturated carbocycles. The Balaban J connectivity index is 1.40. The van der Waals surface area contributed by atoms with Crippen LogP contribution in [-0.4, -0.2) is 11.9 Å². The SMILES string of the molecule is O=C(Nc1ccccc1)Nc1cccc(NC(=O)c2ccc3c(c2)CCC3)c1. The molecule has 0 heterocycles. The Bertz CT molecular complexity index is 1020. The maximum Gasteiger partial charge on any atom is 0.323 e. The van der Waals surface area contributed by atoms with E-state index in [2.05, 4.69) is 16.0 Å². The highest BCUT2D eigenvalue weighted by atomic mass is 16.2. The molecule has 0 aromatic heterocycles. The van der Waals surface area contributed by atoms with Crippen LogP contribution < -0.4 is 16.0 Å². The molecule has 5 heteroatoms. The van der Waals surface area contributed by atoms with Gasteiger partial charge >= 0.3 is 6.03 Å². The molecule has 0 saturated heterocycles. The Morgan fingerprint density at radius 1 is 0.643 bits per heavy atom. The number of amides is 3. The van der Waals surface area contributed by atoms with Crippen molar-refractivity contribution in [1.82, 2.24) is 0 Å². The second-order valence-corrected chi connectivity index (χ2v) is 6.82. The quantitative estimate of drug-likeness (QED) is 0.599. The molecule has 4 rings (SSSR count). The van der Waals surface area contributed by atoms with Gasteiger partial charge in [-0.05, 0) is 72.9 Å². The summed E-state index contributed by atoms with van der Waals surface area (Å²) in [5, 5.41) is 8.44. The summed E-state index contributed by atoms with van der Waals surface area (Å²) in [6.07, 6.45) is 3.28. The van der Waals surface area contributed by atoms with Crippen LogP contribution in [0.5, 0.6) is 0 Å². The van der Waals surface area contributed by atoms with Gasteiger partial charge in [-0.3, -0.25) is 4.79 Å². The molecule has 0 bridgehead atoms. The minimum Gasteiger partial charge on any atom is -0.322 e. The average Bonchev–Trinajstić information content (AvgIpc) is 3.16. The fourth-order valence-electron chi connectivity index (χ4n) is 3.41. The zero-order chi connectivity index (χ0) is 19.3. The maximum absolute atomic E-state index is 12.6. The number of anilines is 3. The number of aryl methyl sites for hydroxylation is 2. The Kier molecular flexibility index (Phi) is 5.06. The summed E-state index contributed by atoms with van der Waals surface area (Å²) in [6, 6.07) is 21.9. The van der Waals surface area contributed by atoms with Crippen molar-refractivity contribution in [2.75, 3.05) is 16.0 Å². The number of rotatable bonds is 4. The lowest BCUT2D eigenvalue weighted by atomic mass is 10.1. The third kappa shape index (κ3) is 4.20. The van der Waals surface area contributed by atoms with E-state index in [0.717, 1.165) is 19.3 Å². The molecule has 0 spiro atoms. The van der Waals surface area contributed by atoms with E-state index in [9.17, 15) is 9.59 Å². The number of benzene rings is 3. The monoisotopic (exact) mass is 371 g/mol. The predicted octanol–water partition coefficient (Wildman–Crippen LogP) is 5.07. The topological polar surface area (TPSA) is 70.2 Å². The number of hydrogen-bond acceptors (Lipinski definition) is 2. The van der Waals surface area contributed by atoms with Gasteiger partial charge in [0.15, 0.2) is 0 Å². The third-order valence-electron chi connectivity index (χ3n) is 4.77. The van der Waals surface area contributed by atoms with Crippen molar-refractivity contribution in [2.45, 2.75) is 19.3 Å². The average molecular weight is 371 g/mol. The van der Waals surface area contributed by atoms with E-state index in [1.807, 2.05) is 48.5 Å². The normalized spacial score (nSPS) is 12.1. The van der Waals surface area contributed by atoms with Crippen molar-refractivity contribution >= 4 is 29.0 Å². The lowest BCUT2D eigenvalue weighted by Crippen LogP contribution is -2.19. The van der Waals surface area contributed by atoms with Gasteiger partial charge in [-0.15, -0.1) is 0 Å². The molecular formula is C23H21N3O2. The molecule has 0 atom stereocenters. The van der Waals surface area contributed by atoms with E-state index < -0.39 is 0 Å². The first-order valence-corrected chi connectivity index (χ1v) is 9.34.